The van der Waals surface area contributed by atoms with E-state index in [0.717, 1.165) is 0 Å². The van der Waals surface area contributed by atoms with E-state index in [4.69, 9.17) is 0 Å². The van der Waals surface area contributed by atoms with E-state index in [1.165, 1.54) is 57.8 Å². The molecule has 0 aromatic carbocycles. The van der Waals surface area contributed by atoms with Gasteiger partial charge < -0.3 is 0 Å². The highest BCUT2D eigenvalue weighted by Gasteiger charge is 2.01. The van der Waals surface area contributed by atoms with Crippen LogP contribution in [0.25, 0.3) is 0 Å². The molecule has 1 aromatic rings. The molecule has 1 rings (SSSR count). The molecule has 1 heterocycles. The smallest absolute Gasteiger partial charge is 0.00584 e. The Balaban J connectivity index is 2.03. The molecule has 0 N–H and O–H groups in total. The molecule has 0 aliphatic rings. The summed E-state index contributed by atoms with van der Waals surface area (Å²) in [5.41, 5.74) is 3.19. The molecule has 0 nitrogen and oxygen atoms in total. The molecule has 0 unspecified atom stereocenters. The first-order valence-corrected chi connectivity index (χ1v) is 7.86. The summed E-state index contributed by atoms with van der Waals surface area (Å²) in [4.78, 5) is 0. The lowest BCUT2D eigenvalue weighted by Gasteiger charge is -2.02. The maximum absolute atomic E-state index is 2.34. The molecular weight excluding hydrogens is 212 g/mol. The highest BCUT2D eigenvalue weighted by Crippen LogP contribution is 2.18. The van der Waals surface area contributed by atoms with Crippen LogP contribution in [0.5, 0.6) is 0 Å². The lowest BCUT2D eigenvalue weighted by Crippen LogP contribution is -1.88. The second-order valence-corrected chi connectivity index (χ2v) is 5.39. The zero-order chi connectivity index (χ0) is 11.6. The van der Waals surface area contributed by atoms with Gasteiger partial charge in [-0.15, -0.1) is 0 Å². The zero-order valence-electron chi connectivity index (χ0n) is 10.9. The first kappa shape index (κ1) is 13.8. The first-order valence-electron chi connectivity index (χ1n) is 6.92. The van der Waals surface area contributed by atoms with Gasteiger partial charge in [-0.2, -0.15) is 11.3 Å². The quantitative estimate of drug-likeness (QED) is 0.491. The minimum atomic E-state index is 1.20. The van der Waals surface area contributed by atoms with Gasteiger partial charge in [-0.05, 0) is 41.1 Å². The topological polar surface area (TPSA) is 0 Å². The predicted molar refractivity (Wildman–Crippen MR) is 75.4 cm³/mol. The third-order valence-corrected chi connectivity index (χ3v) is 4.10. The number of rotatable bonds is 9. The molecule has 0 spiro atoms. The van der Waals surface area contributed by atoms with E-state index < -0.39 is 0 Å². The van der Waals surface area contributed by atoms with Crippen molar-refractivity contribution in [1.29, 1.82) is 0 Å². The molecule has 0 fully saturated rings. The van der Waals surface area contributed by atoms with Gasteiger partial charge in [0.05, 0.1) is 0 Å². The first-order chi connectivity index (χ1) is 7.88. The maximum atomic E-state index is 2.34. The average Bonchev–Trinajstić information content (AvgIpc) is 2.75. The summed E-state index contributed by atoms with van der Waals surface area (Å²) >= 11 is 1.87. The van der Waals surface area contributed by atoms with E-state index in [2.05, 4.69) is 24.6 Å². The van der Waals surface area contributed by atoms with Crippen molar-refractivity contribution in [2.24, 2.45) is 0 Å². The number of aryl methyl sites for hydroxylation is 2. The van der Waals surface area contributed by atoms with Crippen molar-refractivity contribution in [1.82, 2.24) is 0 Å². The van der Waals surface area contributed by atoms with Crippen molar-refractivity contribution < 1.29 is 0 Å². The molecule has 1 aromatic heterocycles. The van der Waals surface area contributed by atoms with Crippen LogP contribution < -0.4 is 0 Å². The van der Waals surface area contributed by atoms with E-state index in [-0.39, 0.29) is 0 Å². The summed E-state index contributed by atoms with van der Waals surface area (Å²) in [6.07, 6.45) is 12.4. The number of unbranched alkanes of at least 4 members (excludes halogenated alkanes) is 6. The van der Waals surface area contributed by atoms with Crippen LogP contribution >= 0.6 is 11.3 Å². The molecule has 16 heavy (non-hydrogen) atoms. The van der Waals surface area contributed by atoms with Gasteiger partial charge in [0.1, 0.15) is 0 Å². The van der Waals surface area contributed by atoms with Gasteiger partial charge in [0, 0.05) is 0 Å². The van der Waals surface area contributed by atoms with Crippen molar-refractivity contribution >= 4 is 11.3 Å². The molecule has 0 bridgehead atoms. The fourth-order valence-corrected chi connectivity index (χ4v) is 3.14. The Morgan fingerprint density at radius 1 is 0.812 bits per heavy atom. The van der Waals surface area contributed by atoms with Gasteiger partial charge in [0.25, 0.3) is 0 Å². The van der Waals surface area contributed by atoms with Crippen molar-refractivity contribution in [2.75, 3.05) is 0 Å². The third kappa shape index (κ3) is 5.16. The van der Waals surface area contributed by atoms with Gasteiger partial charge in [-0.1, -0.05) is 52.4 Å². The second kappa shape index (κ2) is 8.81. The Hall–Kier alpha value is -0.300. The molecule has 92 valence electrons. The monoisotopic (exact) mass is 238 g/mol. The molecular formula is C15H26S. The molecule has 0 aliphatic heterocycles. The van der Waals surface area contributed by atoms with Crippen LogP contribution in [0.4, 0.5) is 0 Å². The van der Waals surface area contributed by atoms with E-state index in [0.29, 0.717) is 0 Å². The van der Waals surface area contributed by atoms with Crippen LogP contribution in [0.3, 0.4) is 0 Å². The van der Waals surface area contributed by atoms with Gasteiger partial charge in [-0.3, -0.25) is 0 Å². The lowest BCUT2D eigenvalue weighted by atomic mass is 10.0. The molecule has 0 saturated carbocycles. The largest absolute Gasteiger partial charge is 0.152 e. The summed E-state index contributed by atoms with van der Waals surface area (Å²) in [5.74, 6) is 0. The van der Waals surface area contributed by atoms with Crippen molar-refractivity contribution in [3.8, 4) is 0 Å². The number of thiophene rings is 1. The third-order valence-electron chi connectivity index (χ3n) is 3.26. The summed E-state index contributed by atoms with van der Waals surface area (Å²) in [5, 5.41) is 4.66. The average molecular weight is 238 g/mol. The summed E-state index contributed by atoms with van der Waals surface area (Å²) in [6.45, 7) is 4.54. The fraction of sp³-hybridized carbons (Fsp3) is 0.733. The summed E-state index contributed by atoms with van der Waals surface area (Å²) in [7, 11) is 0. The minimum absolute atomic E-state index is 1.20. The Bertz CT molecular complexity index is 262. The molecule has 0 atom stereocenters. The van der Waals surface area contributed by atoms with E-state index in [1.54, 1.807) is 11.1 Å². The van der Waals surface area contributed by atoms with E-state index >= 15 is 0 Å². The van der Waals surface area contributed by atoms with E-state index in [9.17, 15) is 0 Å². The molecule has 0 aliphatic carbocycles. The van der Waals surface area contributed by atoms with Crippen molar-refractivity contribution in [3.05, 3.63) is 21.9 Å². The SMILES string of the molecule is CCCCCCCCCc1cscc1CC. The summed E-state index contributed by atoms with van der Waals surface area (Å²) < 4.78 is 0. The molecule has 0 radical (unpaired) electrons. The van der Waals surface area contributed by atoms with Crippen molar-refractivity contribution in [2.45, 2.75) is 71.6 Å². The standard InChI is InChI=1S/C15H26S/c1-3-5-6-7-8-9-10-11-15-13-16-12-14(15)4-2/h12-13H,3-11H2,1-2H3. The summed E-state index contributed by atoms with van der Waals surface area (Å²) in [6, 6.07) is 0. The van der Waals surface area contributed by atoms with E-state index in [1.807, 2.05) is 11.3 Å². The fourth-order valence-electron chi connectivity index (χ4n) is 2.15. The Morgan fingerprint density at radius 3 is 2.12 bits per heavy atom. The van der Waals surface area contributed by atoms with Gasteiger partial charge >= 0.3 is 0 Å². The Kier molecular flexibility index (Phi) is 7.58. The van der Waals surface area contributed by atoms with Gasteiger partial charge in [0.15, 0.2) is 0 Å². The maximum Gasteiger partial charge on any atom is -0.00584 e. The minimum Gasteiger partial charge on any atom is -0.152 e. The number of hydrogen-bond donors (Lipinski definition) is 0. The van der Waals surface area contributed by atoms with Crippen molar-refractivity contribution in [3.63, 3.8) is 0 Å². The molecule has 0 amide bonds. The van der Waals surface area contributed by atoms with Crippen LogP contribution in [-0.2, 0) is 12.8 Å². The number of hydrogen-bond acceptors (Lipinski definition) is 1. The van der Waals surface area contributed by atoms with Crippen LogP contribution in [0.15, 0.2) is 10.8 Å². The van der Waals surface area contributed by atoms with Gasteiger partial charge in [-0.25, -0.2) is 0 Å². The highest BCUT2D eigenvalue weighted by atomic mass is 32.1. The predicted octanol–water partition coefficient (Wildman–Crippen LogP) is 5.60. The van der Waals surface area contributed by atoms with Crippen LogP contribution in [0.2, 0.25) is 0 Å². The highest BCUT2D eigenvalue weighted by molar-refractivity contribution is 7.08. The van der Waals surface area contributed by atoms with Crippen LogP contribution in [0.1, 0.15) is 69.9 Å². The van der Waals surface area contributed by atoms with Crippen LogP contribution in [0, 0.1) is 0 Å². The second-order valence-electron chi connectivity index (χ2n) is 4.65. The molecule has 0 saturated heterocycles. The Labute approximate surface area is 105 Å². The van der Waals surface area contributed by atoms with Crippen LogP contribution in [-0.4, -0.2) is 0 Å². The molecule has 1 heteroatoms. The van der Waals surface area contributed by atoms with Gasteiger partial charge in [0.2, 0.25) is 0 Å². The zero-order valence-corrected chi connectivity index (χ0v) is 11.7. The Morgan fingerprint density at radius 2 is 1.44 bits per heavy atom. The normalized spacial score (nSPS) is 10.9. The lowest BCUT2D eigenvalue weighted by molar-refractivity contribution is 0.589.